The quantitative estimate of drug-likeness (QED) is 0.813. The number of unbranched alkanes of at least 4 members (excludes halogenated alkanes) is 1. The lowest BCUT2D eigenvalue weighted by Crippen LogP contribution is -2.31. The Morgan fingerprint density at radius 2 is 2.00 bits per heavy atom. The van der Waals surface area contributed by atoms with Crippen LogP contribution in [-0.4, -0.2) is 25.8 Å². The third-order valence-corrected chi connectivity index (χ3v) is 5.38. The fourth-order valence-corrected chi connectivity index (χ4v) is 3.64. The van der Waals surface area contributed by atoms with Gasteiger partial charge in [-0.3, -0.25) is 0 Å². The van der Waals surface area contributed by atoms with E-state index in [4.69, 9.17) is 5.73 Å². The standard InChI is InChI=1S/C12H19BrN2O2S/c1-3-5-8-15(4-2)18(16,17)10-6-7-12(14)11(13)9-10/h6-7,9H,3-5,8,14H2,1-2H3. The number of nitrogens with zero attached hydrogens (tertiary/aromatic N) is 1. The van der Waals surface area contributed by atoms with Gasteiger partial charge in [-0.1, -0.05) is 20.3 Å². The molecule has 0 heterocycles. The van der Waals surface area contributed by atoms with Gasteiger partial charge < -0.3 is 5.73 Å². The predicted octanol–water partition coefficient (Wildman–Crippen LogP) is 2.84. The van der Waals surface area contributed by atoms with Gasteiger partial charge in [-0.25, -0.2) is 8.42 Å². The van der Waals surface area contributed by atoms with Crippen LogP contribution in [0.25, 0.3) is 0 Å². The SMILES string of the molecule is CCCCN(CC)S(=O)(=O)c1ccc(N)c(Br)c1. The monoisotopic (exact) mass is 334 g/mol. The zero-order valence-corrected chi connectivity index (χ0v) is 13.1. The fraction of sp³-hybridized carbons (Fsp3) is 0.500. The average Bonchev–Trinajstić information content (AvgIpc) is 2.33. The number of hydrogen-bond donors (Lipinski definition) is 1. The van der Waals surface area contributed by atoms with Crippen molar-refractivity contribution in [2.24, 2.45) is 0 Å². The average molecular weight is 335 g/mol. The highest BCUT2D eigenvalue weighted by atomic mass is 79.9. The first-order chi connectivity index (χ1) is 8.43. The highest BCUT2D eigenvalue weighted by Gasteiger charge is 2.22. The van der Waals surface area contributed by atoms with E-state index in [1.165, 1.54) is 4.31 Å². The summed E-state index contributed by atoms with van der Waals surface area (Å²) in [5.41, 5.74) is 6.20. The molecule has 0 saturated heterocycles. The van der Waals surface area contributed by atoms with Gasteiger partial charge in [0.25, 0.3) is 0 Å². The fourth-order valence-electron chi connectivity index (χ4n) is 1.60. The van der Waals surface area contributed by atoms with Crippen LogP contribution >= 0.6 is 15.9 Å². The van der Waals surface area contributed by atoms with Gasteiger partial charge in [0.2, 0.25) is 10.0 Å². The summed E-state index contributed by atoms with van der Waals surface area (Å²) in [6.45, 7) is 4.92. The van der Waals surface area contributed by atoms with Crippen LogP contribution in [0.4, 0.5) is 5.69 Å². The first-order valence-electron chi connectivity index (χ1n) is 5.98. The molecule has 0 amide bonds. The minimum Gasteiger partial charge on any atom is -0.398 e. The van der Waals surface area contributed by atoms with Crippen molar-refractivity contribution in [3.63, 3.8) is 0 Å². The lowest BCUT2D eigenvalue weighted by molar-refractivity contribution is 0.419. The first-order valence-corrected chi connectivity index (χ1v) is 8.22. The van der Waals surface area contributed by atoms with E-state index < -0.39 is 10.0 Å². The molecule has 1 aromatic carbocycles. The van der Waals surface area contributed by atoms with Gasteiger partial charge in [-0.05, 0) is 40.5 Å². The highest BCUT2D eigenvalue weighted by Crippen LogP contribution is 2.25. The second-order valence-electron chi connectivity index (χ2n) is 4.03. The van der Waals surface area contributed by atoms with Crippen molar-refractivity contribution in [2.45, 2.75) is 31.6 Å². The van der Waals surface area contributed by atoms with E-state index in [1.807, 2.05) is 13.8 Å². The van der Waals surface area contributed by atoms with Crippen LogP contribution in [0, 0.1) is 0 Å². The van der Waals surface area contributed by atoms with E-state index in [1.54, 1.807) is 18.2 Å². The van der Waals surface area contributed by atoms with Crippen molar-refractivity contribution in [2.75, 3.05) is 18.8 Å². The molecule has 0 aromatic heterocycles. The molecule has 18 heavy (non-hydrogen) atoms. The molecular formula is C12H19BrN2O2S. The molecule has 0 bridgehead atoms. The van der Waals surface area contributed by atoms with Crippen LogP contribution in [0.2, 0.25) is 0 Å². The molecular weight excluding hydrogens is 316 g/mol. The number of nitrogens with two attached hydrogens (primary N) is 1. The van der Waals surface area contributed by atoms with E-state index in [2.05, 4.69) is 15.9 Å². The first kappa shape index (κ1) is 15.5. The Bertz CT molecular complexity index is 503. The van der Waals surface area contributed by atoms with Gasteiger partial charge in [0.1, 0.15) is 0 Å². The number of benzene rings is 1. The van der Waals surface area contributed by atoms with E-state index in [0.29, 0.717) is 23.2 Å². The van der Waals surface area contributed by atoms with Crippen molar-refractivity contribution >= 4 is 31.6 Å². The summed E-state index contributed by atoms with van der Waals surface area (Å²) in [5.74, 6) is 0. The molecule has 0 aliphatic carbocycles. The minimum atomic E-state index is -3.41. The van der Waals surface area contributed by atoms with Crippen molar-refractivity contribution < 1.29 is 8.42 Å². The largest absolute Gasteiger partial charge is 0.398 e. The molecule has 1 aromatic rings. The van der Waals surface area contributed by atoms with Crippen molar-refractivity contribution in [1.29, 1.82) is 0 Å². The molecule has 0 spiro atoms. The molecule has 0 aliphatic heterocycles. The van der Waals surface area contributed by atoms with Crippen LogP contribution in [0.5, 0.6) is 0 Å². The lowest BCUT2D eigenvalue weighted by Gasteiger charge is -2.20. The molecule has 1 rings (SSSR count). The third kappa shape index (κ3) is 3.46. The van der Waals surface area contributed by atoms with Gasteiger partial charge in [0.05, 0.1) is 4.90 Å². The van der Waals surface area contributed by atoms with Crippen molar-refractivity contribution in [3.8, 4) is 0 Å². The van der Waals surface area contributed by atoms with E-state index in [-0.39, 0.29) is 4.90 Å². The van der Waals surface area contributed by atoms with Crippen molar-refractivity contribution in [1.82, 2.24) is 4.31 Å². The zero-order chi connectivity index (χ0) is 13.8. The number of hydrogen-bond acceptors (Lipinski definition) is 3. The van der Waals surface area contributed by atoms with Crippen LogP contribution in [0.15, 0.2) is 27.6 Å². The highest BCUT2D eigenvalue weighted by molar-refractivity contribution is 9.10. The number of rotatable bonds is 6. The van der Waals surface area contributed by atoms with Gasteiger partial charge in [0, 0.05) is 23.2 Å². The Labute approximate surface area is 117 Å². The van der Waals surface area contributed by atoms with E-state index in [0.717, 1.165) is 12.8 Å². The topological polar surface area (TPSA) is 63.4 Å². The van der Waals surface area contributed by atoms with Gasteiger partial charge in [-0.15, -0.1) is 0 Å². The molecule has 6 heteroatoms. The molecule has 0 fully saturated rings. The van der Waals surface area contributed by atoms with Gasteiger partial charge in [-0.2, -0.15) is 4.31 Å². The van der Waals surface area contributed by atoms with Crippen LogP contribution < -0.4 is 5.73 Å². The second kappa shape index (κ2) is 6.54. The van der Waals surface area contributed by atoms with Crippen LogP contribution in [0.3, 0.4) is 0 Å². The molecule has 4 nitrogen and oxygen atoms in total. The third-order valence-electron chi connectivity index (χ3n) is 2.72. The number of halogens is 1. The molecule has 2 N–H and O–H groups in total. The lowest BCUT2D eigenvalue weighted by atomic mass is 10.3. The zero-order valence-electron chi connectivity index (χ0n) is 10.7. The predicted molar refractivity (Wildman–Crippen MR) is 77.9 cm³/mol. The Morgan fingerprint density at radius 3 is 2.50 bits per heavy atom. The van der Waals surface area contributed by atoms with E-state index in [9.17, 15) is 8.42 Å². The summed E-state index contributed by atoms with van der Waals surface area (Å²) >= 11 is 3.25. The molecule has 0 unspecified atom stereocenters. The minimum absolute atomic E-state index is 0.279. The summed E-state index contributed by atoms with van der Waals surface area (Å²) in [6, 6.07) is 4.70. The summed E-state index contributed by atoms with van der Waals surface area (Å²) < 4.78 is 26.9. The number of nitrogen functional groups attached to an aromatic ring is 1. The maximum Gasteiger partial charge on any atom is 0.243 e. The molecule has 0 saturated carbocycles. The van der Waals surface area contributed by atoms with E-state index >= 15 is 0 Å². The summed E-state index contributed by atoms with van der Waals surface area (Å²) in [4.78, 5) is 0.279. The Hall–Kier alpha value is -0.590. The number of anilines is 1. The van der Waals surface area contributed by atoms with Crippen LogP contribution in [-0.2, 0) is 10.0 Å². The normalized spacial score (nSPS) is 12.0. The Morgan fingerprint density at radius 1 is 1.33 bits per heavy atom. The molecule has 0 radical (unpaired) electrons. The van der Waals surface area contributed by atoms with Gasteiger partial charge in [0.15, 0.2) is 0 Å². The Balaban J connectivity index is 3.06. The van der Waals surface area contributed by atoms with Crippen LogP contribution in [0.1, 0.15) is 26.7 Å². The smallest absolute Gasteiger partial charge is 0.243 e. The summed E-state index contributed by atoms with van der Waals surface area (Å²) in [6.07, 6.45) is 1.83. The molecule has 0 aliphatic rings. The number of sulfonamides is 1. The van der Waals surface area contributed by atoms with Gasteiger partial charge >= 0.3 is 0 Å². The summed E-state index contributed by atoms with van der Waals surface area (Å²) in [7, 11) is -3.41. The maximum absolute atomic E-state index is 12.4. The molecule has 102 valence electrons. The van der Waals surface area contributed by atoms with Crippen molar-refractivity contribution in [3.05, 3.63) is 22.7 Å². The Kier molecular flexibility index (Phi) is 5.62. The molecule has 0 atom stereocenters. The summed E-state index contributed by atoms with van der Waals surface area (Å²) in [5, 5.41) is 0. The second-order valence-corrected chi connectivity index (χ2v) is 6.83. The maximum atomic E-state index is 12.4.